The van der Waals surface area contributed by atoms with E-state index in [2.05, 4.69) is 10.6 Å². The molecule has 0 aromatic heterocycles. The molecule has 2 rings (SSSR count). The molecule has 0 radical (unpaired) electrons. The summed E-state index contributed by atoms with van der Waals surface area (Å²) in [5, 5.41) is 4.90. The smallest absolute Gasteiger partial charge is 0.334 e. The Balaban J connectivity index is 1.80. The zero-order valence-corrected chi connectivity index (χ0v) is 13.2. The van der Waals surface area contributed by atoms with E-state index in [1.54, 1.807) is 0 Å². The minimum atomic E-state index is -4.43. The monoisotopic (exact) mass is 376 g/mol. The fourth-order valence-electron chi connectivity index (χ4n) is 2.05. The highest BCUT2D eigenvalue weighted by Crippen LogP contribution is 2.29. The Hall–Kier alpha value is -2.71. The van der Waals surface area contributed by atoms with Crippen LogP contribution in [-0.4, -0.2) is 6.03 Å². The standard InChI is InChI=1S/C17H14F6N2O/c18-16(19,20)13-5-1-11(2-6-13)9-24-15(26)25-10-12-3-7-14(8-4-12)17(21,22)23/h1-8H,9-10H2,(H2,24,25,26). The molecular weight excluding hydrogens is 362 g/mol. The number of hydrogen-bond donors (Lipinski definition) is 2. The Morgan fingerprint density at radius 2 is 0.962 bits per heavy atom. The van der Waals surface area contributed by atoms with Crippen LogP contribution in [0.4, 0.5) is 31.1 Å². The molecule has 0 heterocycles. The SMILES string of the molecule is O=C(NCc1ccc(C(F)(F)F)cc1)NCc1ccc(C(F)(F)F)cc1. The second kappa shape index (κ2) is 7.67. The molecule has 2 aromatic carbocycles. The van der Waals surface area contributed by atoms with Crippen LogP contribution in [-0.2, 0) is 25.4 Å². The predicted molar refractivity (Wildman–Crippen MR) is 82.0 cm³/mol. The number of rotatable bonds is 4. The van der Waals surface area contributed by atoms with E-state index in [1.807, 2.05) is 0 Å². The van der Waals surface area contributed by atoms with E-state index in [1.165, 1.54) is 24.3 Å². The van der Waals surface area contributed by atoms with E-state index in [0.717, 1.165) is 24.3 Å². The number of carbonyl (C=O) groups is 1. The molecule has 0 bridgehead atoms. The summed E-state index contributed by atoms with van der Waals surface area (Å²) in [5.41, 5.74) is -0.619. The summed E-state index contributed by atoms with van der Waals surface area (Å²) in [7, 11) is 0. The van der Waals surface area contributed by atoms with E-state index in [0.29, 0.717) is 11.1 Å². The molecular formula is C17H14F6N2O. The number of nitrogens with one attached hydrogen (secondary N) is 2. The van der Waals surface area contributed by atoms with Crippen LogP contribution in [0.15, 0.2) is 48.5 Å². The molecule has 0 spiro atoms. The van der Waals surface area contributed by atoms with Crippen molar-refractivity contribution in [1.29, 1.82) is 0 Å². The molecule has 0 fully saturated rings. The third-order valence-electron chi connectivity index (χ3n) is 3.47. The van der Waals surface area contributed by atoms with Gasteiger partial charge in [0.1, 0.15) is 0 Å². The van der Waals surface area contributed by atoms with E-state index in [-0.39, 0.29) is 13.1 Å². The Morgan fingerprint density at radius 1 is 0.654 bits per heavy atom. The topological polar surface area (TPSA) is 41.1 Å². The summed E-state index contributed by atoms with van der Waals surface area (Å²) in [6.07, 6.45) is -8.85. The lowest BCUT2D eigenvalue weighted by atomic mass is 10.1. The van der Waals surface area contributed by atoms with E-state index >= 15 is 0 Å². The van der Waals surface area contributed by atoms with Gasteiger partial charge in [-0.05, 0) is 35.4 Å². The summed E-state index contributed by atoms with van der Waals surface area (Å²) >= 11 is 0. The van der Waals surface area contributed by atoms with Crippen LogP contribution in [0.2, 0.25) is 0 Å². The fourth-order valence-corrected chi connectivity index (χ4v) is 2.05. The van der Waals surface area contributed by atoms with Gasteiger partial charge in [-0.3, -0.25) is 0 Å². The summed E-state index contributed by atoms with van der Waals surface area (Å²) in [6.45, 7) is 0.0218. The molecule has 0 aliphatic carbocycles. The van der Waals surface area contributed by atoms with Gasteiger partial charge in [-0.25, -0.2) is 4.79 Å². The normalized spacial score (nSPS) is 11.9. The highest BCUT2D eigenvalue weighted by atomic mass is 19.4. The van der Waals surface area contributed by atoms with Gasteiger partial charge in [0.05, 0.1) is 11.1 Å². The maximum atomic E-state index is 12.4. The van der Waals surface area contributed by atoms with Gasteiger partial charge in [0.15, 0.2) is 0 Å². The molecule has 2 amide bonds. The van der Waals surface area contributed by atoms with Crippen LogP contribution in [0.5, 0.6) is 0 Å². The van der Waals surface area contributed by atoms with Gasteiger partial charge in [0.2, 0.25) is 0 Å². The quantitative estimate of drug-likeness (QED) is 0.745. The maximum Gasteiger partial charge on any atom is 0.416 e. The molecule has 0 aliphatic rings. The van der Waals surface area contributed by atoms with E-state index in [4.69, 9.17) is 0 Å². The summed E-state index contributed by atoms with van der Waals surface area (Å²) in [5.74, 6) is 0. The van der Waals surface area contributed by atoms with Gasteiger partial charge in [-0.2, -0.15) is 26.3 Å². The maximum absolute atomic E-state index is 12.4. The Bertz CT molecular complexity index is 672. The summed E-state index contributed by atoms with van der Waals surface area (Å²) < 4.78 is 74.7. The van der Waals surface area contributed by atoms with Gasteiger partial charge in [-0.15, -0.1) is 0 Å². The lowest BCUT2D eigenvalue weighted by Crippen LogP contribution is -2.34. The van der Waals surface area contributed by atoms with Gasteiger partial charge in [0.25, 0.3) is 0 Å². The van der Waals surface area contributed by atoms with Crippen LogP contribution >= 0.6 is 0 Å². The van der Waals surface area contributed by atoms with Crippen molar-refractivity contribution >= 4 is 6.03 Å². The Morgan fingerprint density at radius 3 is 1.23 bits per heavy atom. The molecule has 9 heteroatoms. The third kappa shape index (κ3) is 5.68. The zero-order valence-electron chi connectivity index (χ0n) is 13.2. The van der Waals surface area contributed by atoms with Crippen molar-refractivity contribution in [3.05, 3.63) is 70.8 Å². The first-order valence-electron chi connectivity index (χ1n) is 7.39. The zero-order chi connectivity index (χ0) is 19.4. The first-order valence-corrected chi connectivity index (χ1v) is 7.39. The van der Waals surface area contributed by atoms with Crippen molar-refractivity contribution in [3.63, 3.8) is 0 Å². The van der Waals surface area contributed by atoms with Crippen LogP contribution in [0.1, 0.15) is 22.3 Å². The van der Waals surface area contributed by atoms with Crippen molar-refractivity contribution < 1.29 is 31.1 Å². The first kappa shape index (κ1) is 19.6. The van der Waals surface area contributed by atoms with Gasteiger partial charge in [0, 0.05) is 13.1 Å². The van der Waals surface area contributed by atoms with Crippen molar-refractivity contribution in [2.75, 3.05) is 0 Å². The molecule has 26 heavy (non-hydrogen) atoms. The number of amides is 2. The van der Waals surface area contributed by atoms with Crippen molar-refractivity contribution in [3.8, 4) is 0 Å². The van der Waals surface area contributed by atoms with Crippen molar-refractivity contribution in [2.24, 2.45) is 0 Å². The van der Waals surface area contributed by atoms with Crippen LogP contribution in [0.3, 0.4) is 0 Å². The molecule has 3 nitrogen and oxygen atoms in total. The van der Waals surface area contributed by atoms with Crippen molar-refractivity contribution in [1.82, 2.24) is 10.6 Å². The number of urea groups is 1. The van der Waals surface area contributed by atoms with Gasteiger partial charge >= 0.3 is 18.4 Å². The van der Waals surface area contributed by atoms with Gasteiger partial charge in [-0.1, -0.05) is 24.3 Å². The highest BCUT2D eigenvalue weighted by Gasteiger charge is 2.30. The van der Waals surface area contributed by atoms with E-state index < -0.39 is 29.5 Å². The minimum absolute atomic E-state index is 0.0109. The predicted octanol–water partition coefficient (Wildman–Crippen LogP) is 4.72. The van der Waals surface area contributed by atoms with Crippen LogP contribution < -0.4 is 10.6 Å². The molecule has 2 N–H and O–H groups in total. The Labute approximate surface area is 145 Å². The molecule has 0 aliphatic heterocycles. The average Bonchev–Trinajstić information content (AvgIpc) is 2.57. The fraction of sp³-hybridized carbons (Fsp3) is 0.235. The average molecular weight is 376 g/mol. The van der Waals surface area contributed by atoms with E-state index in [9.17, 15) is 31.1 Å². The lowest BCUT2D eigenvalue weighted by molar-refractivity contribution is -0.138. The molecule has 0 unspecified atom stereocenters. The number of halogens is 6. The number of benzene rings is 2. The summed E-state index contributed by atoms with van der Waals surface area (Å²) in [6, 6.07) is 8.06. The summed E-state index contributed by atoms with van der Waals surface area (Å²) in [4.78, 5) is 11.7. The minimum Gasteiger partial charge on any atom is -0.334 e. The molecule has 0 atom stereocenters. The van der Waals surface area contributed by atoms with Gasteiger partial charge < -0.3 is 10.6 Å². The van der Waals surface area contributed by atoms with Crippen LogP contribution in [0.25, 0.3) is 0 Å². The molecule has 140 valence electrons. The lowest BCUT2D eigenvalue weighted by Gasteiger charge is -2.10. The second-order valence-corrected chi connectivity index (χ2v) is 5.43. The number of hydrogen-bond acceptors (Lipinski definition) is 1. The molecule has 0 saturated carbocycles. The van der Waals surface area contributed by atoms with Crippen LogP contribution in [0, 0.1) is 0 Å². The highest BCUT2D eigenvalue weighted by molar-refractivity contribution is 5.73. The largest absolute Gasteiger partial charge is 0.416 e. The molecule has 2 aromatic rings. The van der Waals surface area contributed by atoms with Crippen molar-refractivity contribution in [2.45, 2.75) is 25.4 Å². The number of alkyl halides is 6. The third-order valence-corrected chi connectivity index (χ3v) is 3.47. The second-order valence-electron chi connectivity index (χ2n) is 5.43. The first-order chi connectivity index (χ1) is 12.1. The number of carbonyl (C=O) groups excluding carboxylic acids is 1. The Kier molecular flexibility index (Phi) is 5.79. The molecule has 0 saturated heterocycles.